The summed E-state index contributed by atoms with van der Waals surface area (Å²) in [5, 5.41) is 9.77. The number of Topliss-reactive ketones (excluding diaryl/α,β-unsaturated/α-hetero) is 1. The molecule has 5 aliphatic rings. The summed E-state index contributed by atoms with van der Waals surface area (Å²) < 4.78 is 1.71. The molecular formula is C44H50N10O6. The van der Waals surface area contributed by atoms with Crippen LogP contribution in [-0.2, 0) is 9.59 Å². The number of carbonyl (C=O) groups excluding carboxylic acids is 5. The third kappa shape index (κ3) is 7.52. The van der Waals surface area contributed by atoms with E-state index >= 15 is 0 Å². The fourth-order valence-electron chi connectivity index (χ4n) is 9.94. The number of rotatable bonds is 10. The van der Waals surface area contributed by atoms with Gasteiger partial charge in [-0.1, -0.05) is 12.8 Å². The van der Waals surface area contributed by atoms with Crippen LogP contribution >= 0.6 is 0 Å². The van der Waals surface area contributed by atoms with Gasteiger partial charge in [-0.15, -0.1) is 0 Å². The minimum absolute atomic E-state index is 0.00552. The van der Waals surface area contributed by atoms with Crippen LogP contribution in [0.25, 0.3) is 11.0 Å². The van der Waals surface area contributed by atoms with Crippen molar-refractivity contribution in [1.29, 1.82) is 0 Å². The molecule has 7 heterocycles. The molecule has 60 heavy (non-hydrogen) atoms. The highest BCUT2D eigenvalue weighted by Crippen LogP contribution is 2.33. The summed E-state index contributed by atoms with van der Waals surface area (Å²) >= 11 is 0. The Balaban J connectivity index is 0.782. The molecule has 2 atom stereocenters. The second-order valence-electron chi connectivity index (χ2n) is 17.0. The third-order valence-corrected chi connectivity index (χ3v) is 13.1. The zero-order chi connectivity index (χ0) is 41.7. The number of nitrogens with one attached hydrogen (secondary N) is 3. The first-order valence-electron chi connectivity index (χ1n) is 21.3. The molecule has 3 aromatic heterocycles. The van der Waals surface area contributed by atoms with Gasteiger partial charge in [0.1, 0.15) is 17.5 Å². The molecule has 1 aliphatic carbocycles. The first kappa shape index (κ1) is 39.4. The molecule has 4 aromatic rings. The molecule has 4 fully saturated rings. The quantitative estimate of drug-likeness (QED) is 0.147. The van der Waals surface area contributed by atoms with Crippen molar-refractivity contribution in [3.63, 3.8) is 0 Å². The van der Waals surface area contributed by atoms with Gasteiger partial charge >= 0.3 is 0 Å². The van der Waals surface area contributed by atoms with E-state index in [0.29, 0.717) is 34.3 Å². The Morgan fingerprint density at radius 2 is 1.65 bits per heavy atom. The summed E-state index contributed by atoms with van der Waals surface area (Å²) in [5.74, 6) is -0.747. The second kappa shape index (κ2) is 16.2. The van der Waals surface area contributed by atoms with Crippen molar-refractivity contribution in [1.82, 2.24) is 34.6 Å². The molecule has 3 N–H and O–H groups in total. The topological polar surface area (TPSA) is 192 Å². The van der Waals surface area contributed by atoms with E-state index in [0.717, 1.165) is 100 Å². The number of hydrogen-bond acceptors (Lipinski definition) is 13. The van der Waals surface area contributed by atoms with Gasteiger partial charge in [-0.05, 0) is 107 Å². The molecule has 3 saturated heterocycles. The van der Waals surface area contributed by atoms with Crippen molar-refractivity contribution in [2.24, 2.45) is 5.92 Å². The van der Waals surface area contributed by atoms with Crippen molar-refractivity contribution >= 4 is 63.6 Å². The fraction of sp³-hybridized carbons (Fsp3) is 0.477. The Morgan fingerprint density at radius 3 is 2.38 bits per heavy atom. The number of imide groups is 2. The Bertz CT molecular complexity index is 2450. The van der Waals surface area contributed by atoms with E-state index < -0.39 is 29.7 Å². The van der Waals surface area contributed by atoms with E-state index in [-0.39, 0.29) is 53.0 Å². The van der Waals surface area contributed by atoms with Gasteiger partial charge in [0.25, 0.3) is 17.4 Å². The normalized spacial score (nSPS) is 21.8. The van der Waals surface area contributed by atoms with Crippen molar-refractivity contribution in [2.75, 3.05) is 48.3 Å². The Kier molecular flexibility index (Phi) is 10.6. The minimum Gasteiger partial charge on any atom is -0.381 e. The average molecular weight is 815 g/mol. The molecule has 2 unspecified atom stereocenters. The summed E-state index contributed by atoms with van der Waals surface area (Å²) in [7, 11) is 0. The Morgan fingerprint density at radius 1 is 0.867 bits per heavy atom. The number of hydrogen-bond donors (Lipinski definition) is 3. The molecule has 16 nitrogen and oxygen atoms in total. The third-order valence-electron chi connectivity index (χ3n) is 13.1. The molecule has 0 bridgehead atoms. The van der Waals surface area contributed by atoms with Crippen molar-refractivity contribution in [3.8, 4) is 0 Å². The molecule has 1 aromatic carbocycles. The lowest BCUT2D eigenvalue weighted by molar-refractivity contribution is -0.136. The van der Waals surface area contributed by atoms with Gasteiger partial charge in [0.15, 0.2) is 5.78 Å². The SMILES string of the molecule is CC(=O)c1c(C)c2cnc(Nc3ccc(N4CCC(CN5CCCC(Nc6ccc7c(c6)C(=O)N(C6CCC(=O)NC6=O)C7=O)C5)CC4)cn3)nc2n(C2CCCC2)c1=O. The zero-order valence-electron chi connectivity index (χ0n) is 34.0. The van der Waals surface area contributed by atoms with Crippen LogP contribution in [0.3, 0.4) is 0 Å². The van der Waals surface area contributed by atoms with Crippen LogP contribution < -0.4 is 26.4 Å². The lowest BCUT2D eigenvalue weighted by Gasteiger charge is -2.39. The highest BCUT2D eigenvalue weighted by molar-refractivity contribution is 6.23. The number of pyridine rings is 2. The number of aryl methyl sites for hydroxylation is 1. The van der Waals surface area contributed by atoms with Gasteiger partial charge in [0, 0.05) is 62.0 Å². The smallest absolute Gasteiger partial charge is 0.263 e. The van der Waals surface area contributed by atoms with Crippen LogP contribution in [0.4, 0.5) is 23.1 Å². The van der Waals surface area contributed by atoms with Crippen LogP contribution in [0, 0.1) is 12.8 Å². The molecule has 9 rings (SSSR count). The van der Waals surface area contributed by atoms with Crippen LogP contribution in [0.5, 0.6) is 0 Å². The maximum atomic E-state index is 13.6. The number of amides is 4. The highest BCUT2D eigenvalue weighted by Gasteiger charge is 2.44. The van der Waals surface area contributed by atoms with E-state index in [9.17, 15) is 28.8 Å². The molecule has 4 amide bonds. The largest absolute Gasteiger partial charge is 0.381 e. The van der Waals surface area contributed by atoms with Gasteiger partial charge in [-0.3, -0.25) is 43.6 Å². The first-order valence-corrected chi connectivity index (χ1v) is 21.3. The number of nitrogens with zero attached hydrogens (tertiary/aromatic N) is 7. The zero-order valence-corrected chi connectivity index (χ0v) is 34.0. The number of piperidine rings is 3. The molecule has 0 radical (unpaired) electrons. The predicted octanol–water partition coefficient (Wildman–Crippen LogP) is 4.75. The molecule has 16 heteroatoms. The number of likely N-dealkylation sites (tertiary alicyclic amines) is 1. The van der Waals surface area contributed by atoms with Crippen LogP contribution in [0.1, 0.15) is 114 Å². The highest BCUT2D eigenvalue weighted by atomic mass is 16.2. The van der Waals surface area contributed by atoms with Gasteiger partial charge in [-0.2, -0.15) is 4.98 Å². The number of anilines is 4. The average Bonchev–Trinajstić information content (AvgIpc) is 3.85. The first-order chi connectivity index (χ1) is 29.0. The van der Waals surface area contributed by atoms with Crippen molar-refractivity contribution in [3.05, 3.63) is 75.3 Å². The van der Waals surface area contributed by atoms with Gasteiger partial charge < -0.3 is 20.4 Å². The van der Waals surface area contributed by atoms with Crippen molar-refractivity contribution in [2.45, 2.75) is 96.2 Å². The number of aromatic nitrogens is 4. The summed E-state index contributed by atoms with van der Waals surface area (Å²) in [6, 6.07) is 8.39. The second-order valence-corrected chi connectivity index (χ2v) is 17.0. The lowest BCUT2D eigenvalue weighted by atomic mass is 9.94. The summed E-state index contributed by atoms with van der Waals surface area (Å²) in [6.07, 6.45) is 11.8. The lowest BCUT2D eigenvalue weighted by Crippen LogP contribution is -2.54. The van der Waals surface area contributed by atoms with Crippen molar-refractivity contribution < 1.29 is 24.0 Å². The van der Waals surface area contributed by atoms with E-state index in [4.69, 9.17) is 4.98 Å². The number of fused-ring (bicyclic) bond motifs is 2. The summed E-state index contributed by atoms with van der Waals surface area (Å²) in [5.41, 5.74) is 3.47. The van der Waals surface area contributed by atoms with Gasteiger partial charge in [0.2, 0.25) is 17.8 Å². The standard InChI is InChI=1S/C44H50N10O6/c1-25-34-22-46-44(50-39(34)53(30-7-3-4-8-30)43(60)38(25)26(2)55)48-36-13-10-31(21-45-36)52-18-15-27(16-19-52)23-51-17-5-6-29(24-51)47-28-9-11-32-33(20-28)42(59)54(41(32)58)35-12-14-37(56)49-40(35)57/h9-11,13,20-22,27,29-30,35,47H,3-8,12,14-19,23-24H2,1-2H3,(H,49,56,57)(H,45,46,48,50). The molecule has 0 spiro atoms. The monoisotopic (exact) mass is 814 g/mol. The van der Waals surface area contributed by atoms with Gasteiger partial charge in [-0.25, -0.2) is 9.97 Å². The predicted molar refractivity (Wildman–Crippen MR) is 225 cm³/mol. The maximum Gasteiger partial charge on any atom is 0.263 e. The van der Waals surface area contributed by atoms with Crippen LogP contribution in [0.15, 0.2) is 47.5 Å². The number of ketones is 1. The van der Waals surface area contributed by atoms with Crippen LogP contribution in [-0.4, -0.2) is 104 Å². The molecule has 312 valence electrons. The fourth-order valence-corrected chi connectivity index (χ4v) is 9.94. The Labute approximate surface area is 347 Å². The summed E-state index contributed by atoms with van der Waals surface area (Å²) in [4.78, 5) is 96.6. The van der Waals surface area contributed by atoms with E-state index in [1.807, 2.05) is 18.3 Å². The van der Waals surface area contributed by atoms with Crippen LogP contribution in [0.2, 0.25) is 0 Å². The summed E-state index contributed by atoms with van der Waals surface area (Å²) in [6.45, 7) is 8.02. The Hall–Kier alpha value is -6.03. The molecular weight excluding hydrogens is 765 g/mol. The van der Waals surface area contributed by atoms with Gasteiger partial charge in [0.05, 0.1) is 28.6 Å². The molecule has 1 saturated carbocycles. The van der Waals surface area contributed by atoms with E-state index in [1.165, 1.54) is 6.92 Å². The van der Waals surface area contributed by atoms with E-state index in [1.54, 1.807) is 29.8 Å². The number of carbonyl (C=O) groups is 5. The van der Waals surface area contributed by atoms with E-state index in [2.05, 4.69) is 41.8 Å². The molecule has 4 aliphatic heterocycles. The maximum absolute atomic E-state index is 13.6. The number of benzene rings is 1. The minimum atomic E-state index is -0.983.